The van der Waals surface area contributed by atoms with E-state index >= 15 is 0 Å². The zero-order chi connectivity index (χ0) is 37.8. The van der Waals surface area contributed by atoms with Crippen LogP contribution in [0.15, 0.2) is 109 Å². The minimum atomic E-state index is -0.830. The number of rotatable bonds is 35. The second-order valence-corrected chi connectivity index (χ2v) is 13.0. The molecule has 0 spiro atoms. The molecule has 0 aromatic carbocycles. The summed E-state index contributed by atoms with van der Waals surface area (Å²) in [6.07, 6.45) is 60.2. The van der Waals surface area contributed by atoms with Crippen LogP contribution in [0.25, 0.3) is 0 Å². The molecule has 0 rings (SSSR count). The molecule has 0 saturated heterocycles. The molecule has 0 bridgehead atoms. The molecule has 0 aliphatic carbocycles. The van der Waals surface area contributed by atoms with E-state index in [0.717, 1.165) is 64.2 Å². The van der Waals surface area contributed by atoms with E-state index < -0.39 is 6.10 Å². The van der Waals surface area contributed by atoms with E-state index in [1.54, 1.807) is 0 Å². The molecule has 5 nitrogen and oxygen atoms in total. The highest BCUT2D eigenvalue weighted by molar-refractivity contribution is 5.70. The maximum Gasteiger partial charge on any atom is 0.306 e. The third kappa shape index (κ3) is 39.3. The summed E-state index contributed by atoms with van der Waals surface area (Å²) in [4.78, 5) is 24.2. The van der Waals surface area contributed by atoms with Crippen LogP contribution in [0.3, 0.4) is 0 Å². The van der Waals surface area contributed by atoms with E-state index in [-0.39, 0.29) is 38.0 Å². The number of esters is 2. The van der Waals surface area contributed by atoms with Gasteiger partial charge in [-0.3, -0.25) is 9.59 Å². The number of ether oxygens (including phenoxy) is 2. The van der Waals surface area contributed by atoms with Crippen molar-refractivity contribution in [3.63, 3.8) is 0 Å². The highest BCUT2D eigenvalue weighted by Gasteiger charge is 2.15. The van der Waals surface area contributed by atoms with Crippen LogP contribution in [0, 0.1) is 0 Å². The fraction of sp³-hybridized carbons (Fsp3) is 0.574. The van der Waals surface area contributed by atoms with Crippen LogP contribution < -0.4 is 0 Å². The number of aliphatic hydroxyl groups excluding tert-OH is 1. The Balaban J connectivity index is 3.79. The molecular formula is C47H74O5. The maximum absolute atomic E-state index is 12.2. The van der Waals surface area contributed by atoms with E-state index in [4.69, 9.17) is 9.47 Å². The Morgan fingerprint density at radius 2 is 0.827 bits per heavy atom. The predicted molar refractivity (Wildman–Crippen MR) is 223 cm³/mol. The van der Waals surface area contributed by atoms with Gasteiger partial charge in [-0.15, -0.1) is 0 Å². The zero-order valence-electron chi connectivity index (χ0n) is 33.0. The molecule has 52 heavy (non-hydrogen) atoms. The highest BCUT2D eigenvalue weighted by atomic mass is 16.6. The van der Waals surface area contributed by atoms with Crippen LogP contribution >= 0.6 is 0 Å². The molecule has 0 unspecified atom stereocenters. The molecule has 0 radical (unpaired) electrons. The van der Waals surface area contributed by atoms with Crippen molar-refractivity contribution >= 4 is 11.9 Å². The van der Waals surface area contributed by atoms with Gasteiger partial charge in [-0.05, 0) is 89.9 Å². The molecule has 0 saturated carbocycles. The third-order valence-electron chi connectivity index (χ3n) is 8.05. The van der Waals surface area contributed by atoms with E-state index in [1.165, 1.54) is 51.4 Å². The van der Waals surface area contributed by atoms with Crippen LogP contribution in [-0.4, -0.2) is 36.4 Å². The van der Waals surface area contributed by atoms with Gasteiger partial charge in [0.05, 0.1) is 6.61 Å². The minimum absolute atomic E-state index is 0.125. The summed E-state index contributed by atoms with van der Waals surface area (Å²) in [7, 11) is 0. The van der Waals surface area contributed by atoms with E-state index in [9.17, 15) is 14.7 Å². The summed E-state index contributed by atoms with van der Waals surface area (Å²) in [6.45, 7) is 3.90. The quantitative estimate of drug-likeness (QED) is 0.0401. The summed E-state index contributed by atoms with van der Waals surface area (Å²) >= 11 is 0. The van der Waals surface area contributed by atoms with Crippen molar-refractivity contribution in [2.45, 2.75) is 161 Å². The van der Waals surface area contributed by atoms with Crippen LogP contribution in [0.4, 0.5) is 0 Å². The SMILES string of the molecule is CC/C=C/C/C=C/C/C=C/C/C=C/C/C=C/CCCC(=O)OC[C@H](CO)OC(=O)CCC/C=C/C/C=C/C/C=C/C/C=C/CCCCCCCCC. The monoisotopic (exact) mass is 719 g/mol. The van der Waals surface area contributed by atoms with Gasteiger partial charge in [0.15, 0.2) is 6.10 Å². The number of unbranched alkanes of at least 4 members (excludes halogenated alkanes) is 9. The summed E-state index contributed by atoms with van der Waals surface area (Å²) in [5.74, 6) is -0.736. The van der Waals surface area contributed by atoms with Gasteiger partial charge in [0.1, 0.15) is 6.61 Å². The second-order valence-electron chi connectivity index (χ2n) is 13.0. The molecule has 1 N–H and O–H groups in total. The standard InChI is InChI=1S/C47H74O5/c1-3-5-7-9-11-13-15-17-19-21-22-23-24-26-28-30-32-34-36-38-40-42-47(50)52-45(43-48)44-51-46(49)41-39-37-35-33-31-29-27-25-20-18-16-14-12-10-8-6-4-2/h6,8,12,14,18-21,23-24,27-30,33-36,45,48H,3-5,7,9-11,13,15-17,22,25-26,31-32,37-44H2,1-2H3/b8-6+,14-12+,20-18+,21-19+,24-23+,29-27+,30-28+,35-33+,36-34+/t45-/m0/s1. The molecule has 292 valence electrons. The molecule has 0 aliphatic rings. The number of hydrogen-bond acceptors (Lipinski definition) is 5. The number of allylic oxidation sites excluding steroid dienone is 18. The van der Waals surface area contributed by atoms with Crippen molar-refractivity contribution < 1.29 is 24.2 Å². The first-order valence-corrected chi connectivity index (χ1v) is 20.4. The van der Waals surface area contributed by atoms with Gasteiger partial charge in [-0.25, -0.2) is 0 Å². The van der Waals surface area contributed by atoms with E-state index in [2.05, 4.69) is 123 Å². The molecule has 0 heterocycles. The van der Waals surface area contributed by atoms with Gasteiger partial charge >= 0.3 is 11.9 Å². The summed E-state index contributed by atoms with van der Waals surface area (Å²) in [5, 5.41) is 9.55. The van der Waals surface area contributed by atoms with Gasteiger partial charge in [0, 0.05) is 12.8 Å². The van der Waals surface area contributed by atoms with Crippen LogP contribution in [0.5, 0.6) is 0 Å². The van der Waals surface area contributed by atoms with Crippen molar-refractivity contribution in [2.75, 3.05) is 13.2 Å². The van der Waals surface area contributed by atoms with Crippen molar-refractivity contribution in [3.05, 3.63) is 109 Å². The Morgan fingerprint density at radius 3 is 1.25 bits per heavy atom. The molecule has 0 amide bonds. The van der Waals surface area contributed by atoms with Gasteiger partial charge in [0.2, 0.25) is 0 Å². The minimum Gasteiger partial charge on any atom is -0.462 e. The smallest absolute Gasteiger partial charge is 0.306 e. The Hall–Kier alpha value is -3.44. The van der Waals surface area contributed by atoms with Gasteiger partial charge < -0.3 is 14.6 Å². The van der Waals surface area contributed by atoms with Gasteiger partial charge in [0.25, 0.3) is 0 Å². The number of hydrogen-bond donors (Lipinski definition) is 1. The molecule has 0 aromatic rings. The average Bonchev–Trinajstić information content (AvgIpc) is 3.15. The van der Waals surface area contributed by atoms with E-state index in [0.29, 0.717) is 12.8 Å². The largest absolute Gasteiger partial charge is 0.462 e. The van der Waals surface area contributed by atoms with Crippen molar-refractivity contribution in [1.82, 2.24) is 0 Å². The van der Waals surface area contributed by atoms with Crippen LogP contribution in [0.1, 0.15) is 155 Å². The lowest BCUT2D eigenvalue weighted by Gasteiger charge is -2.15. The van der Waals surface area contributed by atoms with Crippen molar-refractivity contribution in [2.24, 2.45) is 0 Å². The number of aliphatic hydroxyl groups is 1. The first-order valence-electron chi connectivity index (χ1n) is 20.4. The average molecular weight is 719 g/mol. The Bertz CT molecular complexity index is 1090. The Kier molecular flexibility index (Phi) is 39.2. The summed E-state index contributed by atoms with van der Waals surface area (Å²) in [6, 6.07) is 0. The second kappa shape index (κ2) is 42.0. The fourth-order valence-electron chi connectivity index (χ4n) is 4.99. The molecule has 0 aromatic heterocycles. The molecule has 1 atom stereocenters. The maximum atomic E-state index is 12.2. The predicted octanol–water partition coefficient (Wildman–Crippen LogP) is 13.1. The lowest BCUT2D eigenvalue weighted by atomic mass is 10.1. The van der Waals surface area contributed by atoms with Gasteiger partial charge in [-0.1, -0.05) is 162 Å². The molecule has 0 aliphatic heterocycles. The van der Waals surface area contributed by atoms with Crippen LogP contribution in [-0.2, 0) is 19.1 Å². The molecule has 5 heteroatoms. The lowest BCUT2D eigenvalue weighted by Crippen LogP contribution is -2.28. The molecular weight excluding hydrogens is 645 g/mol. The number of carbonyl (C=O) groups excluding carboxylic acids is 2. The van der Waals surface area contributed by atoms with Crippen molar-refractivity contribution in [1.29, 1.82) is 0 Å². The normalized spacial score (nSPS) is 13.4. The molecule has 0 fully saturated rings. The summed E-state index contributed by atoms with van der Waals surface area (Å²) < 4.78 is 10.5. The van der Waals surface area contributed by atoms with E-state index in [1.807, 2.05) is 0 Å². The fourth-order valence-corrected chi connectivity index (χ4v) is 4.99. The topological polar surface area (TPSA) is 72.8 Å². The zero-order valence-corrected chi connectivity index (χ0v) is 33.0. The first-order chi connectivity index (χ1) is 25.6. The highest BCUT2D eigenvalue weighted by Crippen LogP contribution is 2.09. The Labute approximate surface area is 319 Å². The third-order valence-corrected chi connectivity index (χ3v) is 8.05. The van der Waals surface area contributed by atoms with Crippen molar-refractivity contribution in [3.8, 4) is 0 Å². The lowest BCUT2D eigenvalue weighted by molar-refractivity contribution is -0.161. The Morgan fingerprint density at radius 1 is 0.462 bits per heavy atom. The number of carbonyl (C=O) groups is 2. The van der Waals surface area contributed by atoms with Gasteiger partial charge in [-0.2, -0.15) is 0 Å². The van der Waals surface area contributed by atoms with Crippen LogP contribution in [0.2, 0.25) is 0 Å². The summed E-state index contributed by atoms with van der Waals surface area (Å²) in [5.41, 5.74) is 0. The first kappa shape index (κ1) is 48.6.